The Labute approximate surface area is 179 Å². The number of aromatic nitrogens is 4. The van der Waals surface area contributed by atoms with Gasteiger partial charge in [-0.1, -0.05) is 48.0 Å². The van der Waals surface area contributed by atoms with Crippen molar-refractivity contribution in [3.05, 3.63) is 81.3 Å². The lowest BCUT2D eigenvalue weighted by Crippen LogP contribution is -2.28. The molecule has 2 aromatic carbocycles. The van der Waals surface area contributed by atoms with Crippen molar-refractivity contribution in [1.82, 2.24) is 19.2 Å². The van der Waals surface area contributed by atoms with Crippen molar-refractivity contribution in [3.63, 3.8) is 0 Å². The van der Waals surface area contributed by atoms with E-state index >= 15 is 0 Å². The highest BCUT2D eigenvalue weighted by atomic mass is 16.2. The zero-order chi connectivity index (χ0) is 21.5. The van der Waals surface area contributed by atoms with Crippen molar-refractivity contribution < 1.29 is 4.79 Å². The second kappa shape index (κ2) is 7.50. The van der Waals surface area contributed by atoms with Gasteiger partial charge in [0.25, 0.3) is 5.56 Å². The normalized spacial score (nSPS) is 12.8. The fourth-order valence-electron chi connectivity index (χ4n) is 4.28. The molecule has 0 spiro atoms. The summed E-state index contributed by atoms with van der Waals surface area (Å²) in [6.45, 7) is 4.07. The van der Waals surface area contributed by atoms with E-state index in [4.69, 9.17) is 0 Å². The molecule has 0 fully saturated rings. The van der Waals surface area contributed by atoms with Gasteiger partial charge in [0.2, 0.25) is 11.7 Å². The van der Waals surface area contributed by atoms with Gasteiger partial charge >= 0.3 is 0 Å². The number of hydrogen-bond acceptors (Lipinski definition) is 4. The summed E-state index contributed by atoms with van der Waals surface area (Å²) < 4.78 is 3.19. The van der Waals surface area contributed by atoms with Crippen molar-refractivity contribution in [2.45, 2.75) is 39.7 Å². The average Bonchev–Trinajstić information content (AvgIpc) is 3.42. The maximum Gasteiger partial charge on any atom is 0.279 e. The van der Waals surface area contributed by atoms with Gasteiger partial charge in [-0.15, -0.1) is 5.10 Å². The lowest BCUT2D eigenvalue weighted by molar-refractivity contribution is -0.116. The number of carbonyl (C=O) groups excluding carboxylic acids is 1. The van der Waals surface area contributed by atoms with E-state index in [9.17, 15) is 9.59 Å². The quantitative estimate of drug-likeness (QED) is 0.557. The first-order valence-electron chi connectivity index (χ1n) is 10.4. The molecule has 5 rings (SSSR count). The average molecular weight is 413 g/mol. The summed E-state index contributed by atoms with van der Waals surface area (Å²) >= 11 is 0. The highest BCUT2D eigenvalue weighted by Gasteiger charge is 2.25. The molecule has 1 aliphatic rings. The van der Waals surface area contributed by atoms with Crippen LogP contribution >= 0.6 is 0 Å². The van der Waals surface area contributed by atoms with Crippen molar-refractivity contribution in [2.24, 2.45) is 0 Å². The highest BCUT2D eigenvalue weighted by Crippen LogP contribution is 2.23. The molecule has 1 aliphatic carbocycles. The first-order valence-corrected chi connectivity index (χ1v) is 10.4. The molecule has 1 N–H and O–H groups in total. The maximum atomic E-state index is 13.0. The van der Waals surface area contributed by atoms with Crippen LogP contribution < -0.4 is 10.9 Å². The summed E-state index contributed by atoms with van der Waals surface area (Å²) in [4.78, 5) is 30.6. The number of carbonyl (C=O) groups is 1. The Morgan fingerprint density at radius 1 is 1.10 bits per heavy atom. The van der Waals surface area contributed by atoms with Crippen LogP contribution in [0.2, 0.25) is 0 Å². The Bertz CT molecular complexity index is 1370. The van der Waals surface area contributed by atoms with E-state index in [0.717, 1.165) is 46.5 Å². The van der Waals surface area contributed by atoms with Gasteiger partial charge in [0.15, 0.2) is 5.82 Å². The number of fused-ring (bicyclic) bond motifs is 2. The molecule has 7 heteroatoms. The number of nitrogens with one attached hydrogen (secondary N) is 1. The van der Waals surface area contributed by atoms with Crippen molar-refractivity contribution in [3.8, 4) is 11.4 Å². The second-order valence-corrected chi connectivity index (χ2v) is 8.05. The van der Waals surface area contributed by atoms with E-state index in [2.05, 4.69) is 15.4 Å². The van der Waals surface area contributed by atoms with Crippen LogP contribution in [0, 0.1) is 13.8 Å². The molecule has 0 unspecified atom stereocenters. The van der Waals surface area contributed by atoms with Gasteiger partial charge in [0.1, 0.15) is 6.54 Å². The number of hydrogen-bond donors (Lipinski definition) is 1. The first-order chi connectivity index (χ1) is 15.0. The van der Waals surface area contributed by atoms with Gasteiger partial charge in [-0.2, -0.15) is 9.50 Å². The van der Waals surface area contributed by atoms with Gasteiger partial charge in [-0.25, -0.2) is 0 Å². The molecule has 0 atom stereocenters. The summed E-state index contributed by atoms with van der Waals surface area (Å²) in [5.41, 5.74) is 5.26. The van der Waals surface area contributed by atoms with E-state index in [1.54, 1.807) is 0 Å². The number of anilines is 1. The van der Waals surface area contributed by atoms with Crippen LogP contribution in [-0.4, -0.2) is 25.1 Å². The molecule has 156 valence electrons. The maximum absolute atomic E-state index is 13.0. The lowest BCUT2D eigenvalue weighted by atomic mass is 10.1. The monoisotopic (exact) mass is 413 g/mol. The topological polar surface area (TPSA) is 81.3 Å². The van der Waals surface area contributed by atoms with Crippen molar-refractivity contribution >= 4 is 17.4 Å². The van der Waals surface area contributed by atoms with Crippen molar-refractivity contribution in [2.75, 3.05) is 5.32 Å². The minimum Gasteiger partial charge on any atom is -0.324 e. The molecule has 1 amide bonds. The minimum absolute atomic E-state index is 0.0757. The van der Waals surface area contributed by atoms with E-state index < -0.39 is 0 Å². The summed E-state index contributed by atoms with van der Waals surface area (Å²) in [5.74, 6) is 0.723. The number of benzene rings is 2. The lowest BCUT2D eigenvalue weighted by Gasteiger charge is -2.14. The van der Waals surface area contributed by atoms with Crippen LogP contribution in [0.5, 0.6) is 0 Å². The molecule has 0 aliphatic heterocycles. The molecule has 0 radical (unpaired) electrons. The summed E-state index contributed by atoms with van der Waals surface area (Å²) in [7, 11) is 0. The first kappa shape index (κ1) is 19.2. The predicted octanol–water partition coefficient (Wildman–Crippen LogP) is 3.30. The Hall–Kier alpha value is -3.74. The number of amides is 1. The summed E-state index contributed by atoms with van der Waals surface area (Å²) in [5, 5.41) is 7.48. The minimum atomic E-state index is -0.157. The van der Waals surface area contributed by atoms with E-state index in [1.165, 1.54) is 4.52 Å². The zero-order valence-corrected chi connectivity index (χ0v) is 17.6. The standard InChI is InChI=1S/C24H23N5O2/c1-15-11-12-19(16(2)13-15)25-21(30)14-28-20-10-6-9-18(20)23(31)29-24(28)26-22(27-29)17-7-4-3-5-8-17/h3-5,7-8,11-13H,6,9-10,14H2,1-2H3,(H,25,30). The summed E-state index contributed by atoms with van der Waals surface area (Å²) in [6.07, 6.45) is 2.34. The third-order valence-corrected chi connectivity index (χ3v) is 5.79. The van der Waals surface area contributed by atoms with Gasteiger partial charge in [0.05, 0.1) is 0 Å². The van der Waals surface area contributed by atoms with Crippen LogP contribution in [0.15, 0.2) is 53.3 Å². The van der Waals surface area contributed by atoms with E-state index in [0.29, 0.717) is 18.0 Å². The number of aryl methyl sites for hydroxylation is 2. The van der Waals surface area contributed by atoms with E-state index in [-0.39, 0.29) is 18.0 Å². The Balaban J connectivity index is 1.57. The molecule has 0 saturated heterocycles. The van der Waals surface area contributed by atoms with Crippen LogP contribution in [0.3, 0.4) is 0 Å². The van der Waals surface area contributed by atoms with E-state index in [1.807, 2.05) is 66.9 Å². The van der Waals surface area contributed by atoms with Crippen molar-refractivity contribution in [1.29, 1.82) is 0 Å². The number of rotatable bonds is 4. The summed E-state index contributed by atoms with van der Waals surface area (Å²) in [6, 6.07) is 15.5. The molecular formula is C24H23N5O2. The fourth-order valence-corrected chi connectivity index (χ4v) is 4.28. The van der Waals surface area contributed by atoms with Crippen LogP contribution in [0.1, 0.15) is 28.8 Å². The number of nitrogens with zero attached hydrogens (tertiary/aromatic N) is 4. The van der Waals surface area contributed by atoms with Crippen LogP contribution in [-0.2, 0) is 24.2 Å². The molecule has 2 heterocycles. The molecule has 7 nitrogen and oxygen atoms in total. The Morgan fingerprint density at radius 3 is 2.68 bits per heavy atom. The van der Waals surface area contributed by atoms with Gasteiger partial charge in [0, 0.05) is 22.5 Å². The molecule has 4 aromatic rings. The predicted molar refractivity (Wildman–Crippen MR) is 119 cm³/mol. The molecule has 0 saturated carbocycles. The second-order valence-electron chi connectivity index (χ2n) is 8.05. The molecule has 2 aromatic heterocycles. The van der Waals surface area contributed by atoms with Gasteiger partial charge in [-0.05, 0) is 44.7 Å². The molecular weight excluding hydrogens is 390 g/mol. The molecule has 0 bridgehead atoms. The fraction of sp³-hybridized carbons (Fsp3) is 0.250. The SMILES string of the molecule is Cc1ccc(NC(=O)Cn2c3c(c(=O)n4nc(-c5ccccc5)nc24)CCC3)c(C)c1. The van der Waals surface area contributed by atoms with Gasteiger partial charge in [-0.3, -0.25) is 9.59 Å². The largest absolute Gasteiger partial charge is 0.324 e. The van der Waals surface area contributed by atoms with Crippen LogP contribution in [0.25, 0.3) is 17.2 Å². The zero-order valence-electron chi connectivity index (χ0n) is 17.6. The highest BCUT2D eigenvalue weighted by molar-refractivity contribution is 5.91. The van der Waals surface area contributed by atoms with Crippen LogP contribution in [0.4, 0.5) is 5.69 Å². The molecule has 31 heavy (non-hydrogen) atoms. The Morgan fingerprint density at radius 2 is 1.90 bits per heavy atom. The smallest absolute Gasteiger partial charge is 0.279 e. The Kier molecular flexibility index (Phi) is 4.66. The van der Waals surface area contributed by atoms with Gasteiger partial charge < -0.3 is 9.88 Å². The third kappa shape index (κ3) is 3.42. The third-order valence-electron chi connectivity index (χ3n) is 5.79.